The Morgan fingerprint density at radius 3 is 2.89 bits per heavy atom. The molecule has 0 aliphatic heterocycles. The molecule has 2 rings (SSSR count). The first kappa shape index (κ1) is 13.4. The van der Waals surface area contributed by atoms with Crippen LogP contribution in [0.25, 0.3) is 11.0 Å². The highest BCUT2D eigenvalue weighted by Crippen LogP contribution is 2.08. The number of para-hydroxylation sites is 2. The summed E-state index contributed by atoms with van der Waals surface area (Å²) in [5.41, 5.74) is 1.21. The van der Waals surface area contributed by atoms with Gasteiger partial charge in [-0.15, -0.1) is 0 Å². The quantitative estimate of drug-likeness (QED) is 0.712. The fourth-order valence-corrected chi connectivity index (χ4v) is 1.83. The number of carbonyl (C=O) groups excluding carboxylic acids is 1. The van der Waals surface area contributed by atoms with E-state index in [0.29, 0.717) is 6.54 Å². The topological polar surface area (TPSA) is 78.9 Å². The van der Waals surface area contributed by atoms with Gasteiger partial charge in [0.05, 0.1) is 11.0 Å². The number of fused-ring (bicyclic) bond motifs is 1. The Labute approximate surface area is 110 Å². The van der Waals surface area contributed by atoms with Gasteiger partial charge >= 0.3 is 5.69 Å². The molecule has 1 heterocycles. The van der Waals surface area contributed by atoms with Crippen LogP contribution in [0.15, 0.2) is 29.1 Å². The van der Waals surface area contributed by atoms with Gasteiger partial charge in [0.25, 0.3) is 0 Å². The van der Waals surface area contributed by atoms with Gasteiger partial charge in [-0.05, 0) is 26.1 Å². The van der Waals surface area contributed by atoms with E-state index < -0.39 is 0 Å². The number of nitrogens with one attached hydrogen (secondary N) is 3. The molecule has 3 N–H and O–H groups in total. The molecule has 102 valence electrons. The predicted octanol–water partition coefficient (Wildman–Crippen LogP) is 0.0537. The highest BCUT2D eigenvalue weighted by Gasteiger charge is 2.10. The van der Waals surface area contributed by atoms with Crippen molar-refractivity contribution < 1.29 is 4.79 Å². The number of hydrogen-bond acceptors (Lipinski definition) is 3. The summed E-state index contributed by atoms with van der Waals surface area (Å²) in [7, 11) is 1.83. The number of aromatic amines is 1. The van der Waals surface area contributed by atoms with E-state index in [1.807, 2.05) is 38.2 Å². The number of rotatable bonds is 5. The van der Waals surface area contributed by atoms with Gasteiger partial charge in [-0.3, -0.25) is 9.36 Å². The lowest BCUT2D eigenvalue weighted by atomic mass is 10.3. The first-order valence-corrected chi connectivity index (χ1v) is 6.23. The third-order valence-corrected chi connectivity index (χ3v) is 3.08. The van der Waals surface area contributed by atoms with Gasteiger partial charge in [-0.25, -0.2) is 4.79 Å². The van der Waals surface area contributed by atoms with E-state index in [2.05, 4.69) is 15.6 Å². The van der Waals surface area contributed by atoms with E-state index in [9.17, 15) is 9.59 Å². The van der Waals surface area contributed by atoms with E-state index in [4.69, 9.17) is 0 Å². The lowest BCUT2D eigenvalue weighted by Crippen LogP contribution is -2.39. The first-order chi connectivity index (χ1) is 9.11. The first-order valence-electron chi connectivity index (χ1n) is 6.23. The molecule has 0 saturated heterocycles. The molecular weight excluding hydrogens is 244 g/mol. The predicted molar refractivity (Wildman–Crippen MR) is 74.1 cm³/mol. The molecule has 6 heteroatoms. The number of benzene rings is 1. The van der Waals surface area contributed by atoms with Crippen LogP contribution in [-0.4, -0.2) is 35.1 Å². The average molecular weight is 262 g/mol. The Hall–Kier alpha value is -2.08. The highest BCUT2D eigenvalue weighted by atomic mass is 16.2. The van der Waals surface area contributed by atoms with Crippen molar-refractivity contribution >= 4 is 16.9 Å². The van der Waals surface area contributed by atoms with Gasteiger partial charge in [0, 0.05) is 12.6 Å². The van der Waals surface area contributed by atoms with Crippen molar-refractivity contribution in [3.8, 4) is 0 Å². The molecule has 1 amide bonds. The van der Waals surface area contributed by atoms with E-state index in [1.54, 1.807) is 0 Å². The van der Waals surface area contributed by atoms with Crippen molar-refractivity contribution in [3.63, 3.8) is 0 Å². The number of hydrogen-bond donors (Lipinski definition) is 3. The Balaban J connectivity index is 2.11. The fourth-order valence-electron chi connectivity index (χ4n) is 1.83. The summed E-state index contributed by atoms with van der Waals surface area (Å²) in [6.07, 6.45) is 0. The molecule has 0 spiro atoms. The summed E-state index contributed by atoms with van der Waals surface area (Å²) < 4.78 is 1.44. The van der Waals surface area contributed by atoms with Gasteiger partial charge in [-0.2, -0.15) is 0 Å². The smallest absolute Gasteiger partial charge is 0.326 e. The molecule has 19 heavy (non-hydrogen) atoms. The molecule has 1 aromatic heterocycles. The largest absolute Gasteiger partial charge is 0.353 e. The van der Waals surface area contributed by atoms with Crippen LogP contribution in [0.5, 0.6) is 0 Å². The summed E-state index contributed by atoms with van der Waals surface area (Å²) in [5, 5.41) is 5.82. The zero-order valence-electron chi connectivity index (χ0n) is 11.1. The second kappa shape index (κ2) is 5.71. The number of H-pyrrole nitrogens is 1. The molecule has 1 unspecified atom stereocenters. The Bertz CT molecular complexity index is 629. The Morgan fingerprint density at radius 1 is 1.42 bits per heavy atom. The van der Waals surface area contributed by atoms with Crippen LogP contribution in [0.2, 0.25) is 0 Å². The van der Waals surface area contributed by atoms with Gasteiger partial charge < -0.3 is 15.6 Å². The van der Waals surface area contributed by atoms with Crippen LogP contribution in [0, 0.1) is 0 Å². The van der Waals surface area contributed by atoms with E-state index in [1.165, 1.54) is 4.57 Å². The zero-order valence-corrected chi connectivity index (χ0v) is 11.1. The highest BCUT2D eigenvalue weighted by molar-refractivity contribution is 5.80. The maximum atomic E-state index is 11.8. The average Bonchev–Trinajstić information content (AvgIpc) is 2.72. The lowest BCUT2D eigenvalue weighted by molar-refractivity contribution is -0.121. The van der Waals surface area contributed by atoms with Crippen molar-refractivity contribution in [1.82, 2.24) is 20.2 Å². The molecule has 1 atom stereocenters. The molecule has 0 aliphatic rings. The third kappa shape index (κ3) is 3.03. The van der Waals surface area contributed by atoms with Gasteiger partial charge in [0.1, 0.15) is 6.54 Å². The number of likely N-dealkylation sites (N-methyl/N-ethyl adjacent to an activating group) is 1. The maximum absolute atomic E-state index is 11.8. The Morgan fingerprint density at radius 2 is 2.16 bits per heavy atom. The molecule has 6 nitrogen and oxygen atoms in total. The van der Waals surface area contributed by atoms with Crippen molar-refractivity contribution in [3.05, 3.63) is 34.7 Å². The van der Waals surface area contributed by atoms with E-state index >= 15 is 0 Å². The van der Waals surface area contributed by atoms with Gasteiger partial charge in [-0.1, -0.05) is 12.1 Å². The molecule has 1 aromatic carbocycles. The minimum Gasteiger partial charge on any atom is -0.353 e. The maximum Gasteiger partial charge on any atom is 0.326 e. The van der Waals surface area contributed by atoms with Gasteiger partial charge in [0.15, 0.2) is 0 Å². The fraction of sp³-hybridized carbons (Fsp3) is 0.385. The summed E-state index contributed by atoms with van der Waals surface area (Å²) in [5.74, 6) is -0.172. The zero-order chi connectivity index (χ0) is 13.8. The van der Waals surface area contributed by atoms with Crippen LogP contribution in [0.4, 0.5) is 0 Å². The summed E-state index contributed by atoms with van der Waals surface area (Å²) in [4.78, 5) is 26.3. The standard InChI is InChI=1S/C13H18N4O2/c1-9(14-2)7-15-12(18)8-17-11-6-4-3-5-10(11)16-13(17)19/h3-6,9,14H,7-8H2,1-2H3,(H,15,18)(H,16,19). The molecule has 0 radical (unpaired) electrons. The van der Waals surface area contributed by atoms with Crippen LogP contribution in [-0.2, 0) is 11.3 Å². The number of amides is 1. The second-order valence-electron chi connectivity index (χ2n) is 4.53. The number of imidazole rings is 1. The van der Waals surface area contributed by atoms with Crippen LogP contribution >= 0.6 is 0 Å². The van der Waals surface area contributed by atoms with Crippen LogP contribution in [0.1, 0.15) is 6.92 Å². The molecule has 0 bridgehead atoms. The normalized spacial score (nSPS) is 12.5. The molecule has 2 aromatic rings. The summed E-state index contributed by atoms with van der Waals surface area (Å²) in [6.45, 7) is 2.53. The number of aromatic nitrogens is 2. The number of carbonyl (C=O) groups is 1. The monoisotopic (exact) mass is 262 g/mol. The van der Waals surface area contributed by atoms with Crippen molar-refractivity contribution in [2.75, 3.05) is 13.6 Å². The molecular formula is C13H18N4O2. The van der Waals surface area contributed by atoms with E-state index in [0.717, 1.165) is 11.0 Å². The minimum absolute atomic E-state index is 0.0271. The van der Waals surface area contributed by atoms with Crippen molar-refractivity contribution in [1.29, 1.82) is 0 Å². The lowest BCUT2D eigenvalue weighted by Gasteiger charge is -2.11. The number of nitrogens with zero attached hydrogens (tertiary/aromatic N) is 1. The third-order valence-electron chi connectivity index (χ3n) is 3.08. The summed E-state index contributed by atoms with van der Waals surface area (Å²) in [6, 6.07) is 7.51. The Kier molecular flexibility index (Phi) is 4.01. The molecule has 0 aliphatic carbocycles. The van der Waals surface area contributed by atoms with Crippen LogP contribution < -0.4 is 16.3 Å². The van der Waals surface area contributed by atoms with Crippen molar-refractivity contribution in [2.45, 2.75) is 19.5 Å². The molecule has 0 fully saturated rings. The SMILES string of the molecule is CNC(C)CNC(=O)Cn1c(=O)[nH]c2ccccc21. The van der Waals surface area contributed by atoms with Gasteiger partial charge in [0.2, 0.25) is 5.91 Å². The van der Waals surface area contributed by atoms with E-state index in [-0.39, 0.29) is 24.2 Å². The van der Waals surface area contributed by atoms with Crippen LogP contribution in [0.3, 0.4) is 0 Å². The summed E-state index contributed by atoms with van der Waals surface area (Å²) >= 11 is 0. The molecule has 0 saturated carbocycles. The minimum atomic E-state index is -0.266. The second-order valence-corrected chi connectivity index (χ2v) is 4.53. The van der Waals surface area contributed by atoms with Crippen molar-refractivity contribution in [2.24, 2.45) is 0 Å².